The van der Waals surface area contributed by atoms with Gasteiger partial charge in [0.25, 0.3) is 5.56 Å². The van der Waals surface area contributed by atoms with Crippen LogP contribution < -0.4 is 15.6 Å². The normalized spacial score (nSPS) is 11.2. The molecule has 0 unspecified atom stereocenters. The zero-order valence-electron chi connectivity index (χ0n) is 15.7. The molecule has 0 bridgehead atoms. The quantitative estimate of drug-likeness (QED) is 0.511. The average Bonchev–Trinajstić information content (AvgIpc) is 3.13. The van der Waals surface area contributed by atoms with Gasteiger partial charge in [0, 0.05) is 7.05 Å². The van der Waals surface area contributed by atoms with E-state index in [0.717, 1.165) is 11.4 Å². The van der Waals surface area contributed by atoms with E-state index in [4.69, 9.17) is 16.3 Å². The standard InChI is InChI=1S/C18H18ClN7O2/c1-9-10(2)23-26(22-9)13-7-5-6-11(16(13)28-4)20-12-8-14(19)21-17-15(12)18(27)25(3)24-17/h5-8H,1-4H3,(H2,20,21,24). The highest BCUT2D eigenvalue weighted by Gasteiger charge is 2.17. The van der Waals surface area contributed by atoms with Crippen LogP contribution in [0.1, 0.15) is 11.4 Å². The van der Waals surface area contributed by atoms with Gasteiger partial charge < -0.3 is 10.1 Å². The maximum absolute atomic E-state index is 12.5. The van der Waals surface area contributed by atoms with Crippen molar-refractivity contribution in [2.45, 2.75) is 13.8 Å². The van der Waals surface area contributed by atoms with Crippen LogP contribution in [-0.2, 0) is 7.05 Å². The first-order chi connectivity index (χ1) is 13.4. The molecule has 4 aromatic rings. The van der Waals surface area contributed by atoms with E-state index in [1.54, 1.807) is 20.2 Å². The first-order valence-electron chi connectivity index (χ1n) is 8.49. The van der Waals surface area contributed by atoms with Crippen molar-refractivity contribution in [1.29, 1.82) is 0 Å². The number of benzene rings is 1. The maximum Gasteiger partial charge on any atom is 0.277 e. The lowest BCUT2D eigenvalue weighted by molar-refractivity contribution is 0.412. The summed E-state index contributed by atoms with van der Waals surface area (Å²) >= 11 is 6.13. The number of pyridine rings is 1. The van der Waals surface area contributed by atoms with Crippen LogP contribution in [0.25, 0.3) is 16.7 Å². The van der Waals surface area contributed by atoms with Crippen molar-refractivity contribution >= 4 is 34.0 Å². The molecule has 0 fully saturated rings. The predicted octanol–water partition coefficient (Wildman–Crippen LogP) is 2.86. The van der Waals surface area contributed by atoms with Crippen molar-refractivity contribution in [3.63, 3.8) is 0 Å². The number of nitrogens with zero attached hydrogens (tertiary/aromatic N) is 5. The Balaban J connectivity index is 1.86. The Morgan fingerprint density at radius 2 is 1.89 bits per heavy atom. The van der Waals surface area contributed by atoms with Crippen molar-refractivity contribution in [3.05, 3.63) is 51.2 Å². The maximum atomic E-state index is 12.5. The molecule has 28 heavy (non-hydrogen) atoms. The van der Waals surface area contributed by atoms with Crippen LogP contribution in [0.3, 0.4) is 0 Å². The number of nitrogens with one attached hydrogen (secondary N) is 2. The third kappa shape index (κ3) is 2.89. The number of hydrogen-bond donors (Lipinski definition) is 2. The van der Waals surface area contributed by atoms with E-state index < -0.39 is 0 Å². The van der Waals surface area contributed by atoms with Gasteiger partial charge >= 0.3 is 0 Å². The molecule has 1 aromatic carbocycles. The summed E-state index contributed by atoms with van der Waals surface area (Å²) in [5.74, 6) is 0.533. The van der Waals surface area contributed by atoms with E-state index in [0.29, 0.717) is 33.8 Å². The molecule has 0 aliphatic carbocycles. The van der Waals surface area contributed by atoms with Gasteiger partial charge in [-0.1, -0.05) is 17.7 Å². The third-order valence-corrected chi connectivity index (χ3v) is 4.67. The summed E-state index contributed by atoms with van der Waals surface area (Å²) in [5.41, 5.74) is 3.68. The Kier molecular flexibility index (Phi) is 4.31. The summed E-state index contributed by atoms with van der Waals surface area (Å²) in [6.07, 6.45) is 0. The fourth-order valence-electron chi connectivity index (χ4n) is 2.99. The fraction of sp³-hybridized carbons (Fsp3) is 0.222. The molecule has 2 N–H and O–H groups in total. The predicted molar refractivity (Wildman–Crippen MR) is 107 cm³/mol. The Bertz CT molecular complexity index is 1240. The number of aromatic amines is 1. The minimum Gasteiger partial charge on any atom is -0.492 e. The number of halogens is 1. The molecule has 0 radical (unpaired) electrons. The van der Waals surface area contributed by atoms with Gasteiger partial charge in [0.1, 0.15) is 16.2 Å². The van der Waals surface area contributed by atoms with E-state index in [1.165, 1.54) is 9.48 Å². The molecule has 9 nitrogen and oxygen atoms in total. The highest BCUT2D eigenvalue weighted by molar-refractivity contribution is 6.30. The van der Waals surface area contributed by atoms with Crippen molar-refractivity contribution in [3.8, 4) is 11.4 Å². The first-order valence-corrected chi connectivity index (χ1v) is 8.87. The minimum absolute atomic E-state index is 0.211. The summed E-state index contributed by atoms with van der Waals surface area (Å²) in [6.45, 7) is 3.79. The molecule has 3 aromatic heterocycles. The lowest BCUT2D eigenvalue weighted by atomic mass is 10.2. The highest BCUT2D eigenvalue weighted by Crippen LogP contribution is 2.35. The summed E-state index contributed by atoms with van der Waals surface area (Å²) in [4.78, 5) is 18.2. The Morgan fingerprint density at radius 3 is 2.57 bits per heavy atom. The second-order valence-corrected chi connectivity index (χ2v) is 6.72. The number of anilines is 2. The second-order valence-electron chi connectivity index (χ2n) is 6.34. The molecule has 0 atom stereocenters. The molecule has 0 saturated heterocycles. The van der Waals surface area contributed by atoms with Gasteiger partial charge in [-0.3, -0.25) is 14.6 Å². The number of aromatic nitrogens is 6. The number of fused-ring (bicyclic) bond motifs is 1. The largest absolute Gasteiger partial charge is 0.492 e. The molecule has 144 valence electrons. The average molecular weight is 400 g/mol. The molecular formula is C18H18ClN7O2. The van der Waals surface area contributed by atoms with Gasteiger partial charge in [0.05, 0.1) is 29.9 Å². The van der Waals surface area contributed by atoms with Crippen LogP contribution in [0.4, 0.5) is 11.4 Å². The van der Waals surface area contributed by atoms with Crippen LogP contribution in [-0.4, -0.2) is 36.9 Å². The number of methoxy groups -OCH3 is 1. The van der Waals surface area contributed by atoms with E-state index in [1.807, 2.05) is 32.0 Å². The van der Waals surface area contributed by atoms with Gasteiger partial charge in [-0.2, -0.15) is 10.2 Å². The summed E-state index contributed by atoms with van der Waals surface area (Å²) in [6, 6.07) is 7.14. The van der Waals surface area contributed by atoms with Gasteiger partial charge in [0.15, 0.2) is 11.4 Å². The zero-order valence-corrected chi connectivity index (χ0v) is 16.5. The Hall–Kier alpha value is -3.33. The van der Waals surface area contributed by atoms with Crippen LogP contribution in [0.15, 0.2) is 29.1 Å². The molecule has 0 spiro atoms. The second kappa shape index (κ2) is 6.68. The molecule has 4 rings (SSSR count). The number of ether oxygens (including phenoxy) is 1. The van der Waals surface area contributed by atoms with Gasteiger partial charge in [0.2, 0.25) is 0 Å². The molecule has 0 saturated carbocycles. The van der Waals surface area contributed by atoms with E-state index >= 15 is 0 Å². The van der Waals surface area contributed by atoms with Gasteiger partial charge in [-0.05, 0) is 32.0 Å². The molecule has 3 heterocycles. The first kappa shape index (κ1) is 18.1. The monoisotopic (exact) mass is 399 g/mol. The van der Waals surface area contributed by atoms with Crippen molar-refractivity contribution in [2.24, 2.45) is 7.05 Å². The van der Waals surface area contributed by atoms with Gasteiger partial charge in [-0.25, -0.2) is 4.98 Å². The number of para-hydroxylation sites is 1. The minimum atomic E-state index is -0.211. The van der Waals surface area contributed by atoms with Crippen molar-refractivity contribution in [1.82, 2.24) is 29.8 Å². The summed E-state index contributed by atoms with van der Waals surface area (Å²) < 4.78 is 6.98. The molecule has 10 heteroatoms. The molecule has 0 aliphatic rings. The zero-order chi connectivity index (χ0) is 20.0. The van der Waals surface area contributed by atoms with Crippen LogP contribution >= 0.6 is 11.6 Å². The molecule has 0 aliphatic heterocycles. The number of aryl methyl sites for hydroxylation is 3. The SMILES string of the molecule is COc1c(Nc2cc(Cl)nc3[nH]n(C)c(=O)c23)cccc1-n1nc(C)c(C)n1. The van der Waals surface area contributed by atoms with Crippen LogP contribution in [0.5, 0.6) is 5.75 Å². The van der Waals surface area contributed by atoms with Crippen molar-refractivity contribution < 1.29 is 4.74 Å². The number of rotatable bonds is 4. The van der Waals surface area contributed by atoms with Gasteiger partial charge in [-0.15, -0.1) is 4.80 Å². The lowest BCUT2D eigenvalue weighted by Gasteiger charge is -2.15. The number of H-pyrrole nitrogens is 1. The highest BCUT2D eigenvalue weighted by atomic mass is 35.5. The number of hydrogen-bond acceptors (Lipinski definition) is 6. The van der Waals surface area contributed by atoms with Crippen LogP contribution in [0.2, 0.25) is 5.15 Å². The topological polar surface area (TPSA) is 103 Å². The molecular weight excluding hydrogens is 382 g/mol. The van der Waals surface area contributed by atoms with Crippen molar-refractivity contribution in [2.75, 3.05) is 12.4 Å². The Morgan fingerprint density at radius 1 is 1.18 bits per heavy atom. The fourth-order valence-corrected chi connectivity index (χ4v) is 3.18. The smallest absolute Gasteiger partial charge is 0.277 e. The third-order valence-electron chi connectivity index (χ3n) is 4.48. The Labute approximate surface area is 164 Å². The molecule has 0 amide bonds. The summed E-state index contributed by atoms with van der Waals surface area (Å²) in [7, 11) is 3.19. The van der Waals surface area contributed by atoms with Crippen LogP contribution in [0, 0.1) is 13.8 Å². The lowest BCUT2D eigenvalue weighted by Crippen LogP contribution is -2.12. The van der Waals surface area contributed by atoms with E-state index in [2.05, 4.69) is 25.6 Å². The van der Waals surface area contributed by atoms with E-state index in [-0.39, 0.29) is 10.7 Å². The van der Waals surface area contributed by atoms with E-state index in [9.17, 15) is 4.79 Å². The summed E-state index contributed by atoms with van der Waals surface area (Å²) in [5, 5.41) is 15.6.